The predicted molar refractivity (Wildman–Crippen MR) is 20.8 cm³/mol. The van der Waals surface area contributed by atoms with Gasteiger partial charge in [0.25, 0.3) is 0 Å². The van der Waals surface area contributed by atoms with E-state index in [4.69, 9.17) is 4.91 Å². The summed E-state index contributed by atoms with van der Waals surface area (Å²) in [5.74, 6) is 0. The summed E-state index contributed by atoms with van der Waals surface area (Å²) >= 11 is 0. The van der Waals surface area contributed by atoms with Gasteiger partial charge in [-0.05, 0) is 0 Å². The molecule has 0 bridgehead atoms. The second kappa shape index (κ2) is 8.82. The third-order valence-corrected chi connectivity index (χ3v) is 0.0745. The van der Waals surface area contributed by atoms with Crippen LogP contribution in [0.4, 0.5) is 0 Å². The van der Waals surface area contributed by atoms with Crippen molar-refractivity contribution in [1.82, 2.24) is 0 Å². The van der Waals surface area contributed by atoms with Crippen molar-refractivity contribution in [3.8, 4) is 0 Å². The van der Waals surface area contributed by atoms with Crippen LogP contribution in [0.1, 0.15) is 2.85 Å². The first-order chi connectivity index (χ1) is 1.91. The predicted octanol–water partition coefficient (Wildman–Crippen LogP) is 0.158. The van der Waals surface area contributed by atoms with Gasteiger partial charge in [-0.1, -0.05) is 0 Å². The molecule has 0 rings (SSSR count). The van der Waals surface area contributed by atoms with Crippen molar-refractivity contribution in [2.24, 2.45) is 5.34 Å². The first-order valence-corrected chi connectivity index (χ1v) is 0.773. The molecular formula is CH5CaNO2. The van der Waals surface area contributed by atoms with Crippen LogP contribution in [0.2, 0.25) is 0 Å². The van der Waals surface area contributed by atoms with E-state index in [-0.39, 0.29) is 40.6 Å². The van der Waals surface area contributed by atoms with Gasteiger partial charge in [0.1, 0.15) is 7.11 Å². The van der Waals surface area contributed by atoms with Gasteiger partial charge in [-0.25, -0.2) is 0 Å². The maximum atomic E-state index is 8.70. The fourth-order valence-electron chi connectivity index (χ4n) is 0. The van der Waals surface area contributed by atoms with Crippen LogP contribution in [0.3, 0.4) is 0 Å². The summed E-state index contributed by atoms with van der Waals surface area (Å²) in [5, 5.41) is 1.99. The SMILES string of the molecule is CON=O.[Ca+2].[H-].[H-]. The Morgan fingerprint density at radius 3 is 2.20 bits per heavy atom. The normalized spacial score (nSPS) is 4.20. The zero-order valence-electron chi connectivity index (χ0n) is 4.97. The quantitative estimate of drug-likeness (QED) is 0.269. The molecule has 0 saturated carbocycles. The second-order valence-corrected chi connectivity index (χ2v) is 0.257. The molecule has 0 spiro atoms. The standard InChI is InChI=1S/CH3NO2.Ca.2H/c1-4-2-3;;;/h1H3;;;/q;+2;2*-1. The van der Waals surface area contributed by atoms with Crippen LogP contribution in [0.25, 0.3) is 0 Å². The van der Waals surface area contributed by atoms with E-state index in [1.807, 2.05) is 5.34 Å². The summed E-state index contributed by atoms with van der Waals surface area (Å²) in [6.07, 6.45) is 0. The largest absolute Gasteiger partial charge is 2.00 e. The van der Waals surface area contributed by atoms with Gasteiger partial charge in [-0.2, -0.15) is 0 Å². The van der Waals surface area contributed by atoms with Crippen molar-refractivity contribution in [1.29, 1.82) is 0 Å². The Kier molecular flexibility index (Phi) is 16.2. The van der Waals surface area contributed by atoms with Crippen molar-refractivity contribution in [2.45, 2.75) is 0 Å². The summed E-state index contributed by atoms with van der Waals surface area (Å²) in [5.41, 5.74) is 0. The van der Waals surface area contributed by atoms with E-state index >= 15 is 0 Å². The molecule has 0 aliphatic rings. The Morgan fingerprint density at radius 2 is 2.20 bits per heavy atom. The molecule has 5 heavy (non-hydrogen) atoms. The maximum absolute atomic E-state index is 8.70. The zero-order valence-corrected chi connectivity index (χ0v) is 5.18. The van der Waals surface area contributed by atoms with E-state index in [0.717, 1.165) is 0 Å². The van der Waals surface area contributed by atoms with Crippen LogP contribution < -0.4 is 0 Å². The van der Waals surface area contributed by atoms with Crippen molar-refractivity contribution in [3.05, 3.63) is 4.91 Å². The maximum Gasteiger partial charge on any atom is 2.00 e. The molecule has 0 aromatic heterocycles. The molecule has 0 N–H and O–H groups in total. The fraction of sp³-hybridized carbons (Fsp3) is 1.00. The van der Waals surface area contributed by atoms with Gasteiger partial charge in [-0.3, -0.25) is 0 Å². The minimum Gasteiger partial charge on any atom is -1.00 e. The summed E-state index contributed by atoms with van der Waals surface area (Å²) in [6.45, 7) is 0. The van der Waals surface area contributed by atoms with E-state index < -0.39 is 0 Å². The molecule has 0 aromatic carbocycles. The fourth-order valence-corrected chi connectivity index (χ4v) is 0. The molecule has 0 atom stereocenters. The average molecular weight is 103 g/mol. The molecule has 0 radical (unpaired) electrons. The van der Waals surface area contributed by atoms with Crippen molar-refractivity contribution >= 4 is 37.7 Å². The topological polar surface area (TPSA) is 38.7 Å². The Morgan fingerprint density at radius 1 is 2.00 bits per heavy atom. The molecule has 4 heteroatoms. The van der Waals surface area contributed by atoms with Crippen LogP contribution in [-0.4, -0.2) is 44.8 Å². The summed E-state index contributed by atoms with van der Waals surface area (Å²) in [4.78, 5) is 12.3. The van der Waals surface area contributed by atoms with E-state index in [9.17, 15) is 0 Å². The molecule has 0 aromatic rings. The third-order valence-electron chi connectivity index (χ3n) is 0.0745. The molecule has 3 nitrogen and oxygen atoms in total. The van der Waals surface area contributed by atoms with Gasteiger partial charge < -0.3 is 7.69 Å². The van der Waals surface area contributed by atoms with Gasteiger partial charge in [0.15, 0.2) is 5.34 Å². The monoisotopic (exact) mass is 103 g/mol. The number of hydrogen-bond acceptors (Lipinski definition) is 3. The zero-order chi connectivity index (χ0) is 3.41. The van der Waals surface area contributed by atoms with Crippen molar-refractivity contribution in [3.63, 3.8) is 0 Å². The van der Waals surface area contributed by atoms with Gasteiger partial charge in [0.05, 0.1) is 0 Å². The number of hydrogen-bond donors (Lipinski definition) is 0. The van der Waals surface area contributed by atoms with E-state index in [1.54, 1.807) is 0 Å². The van der Waals surface area contributed by atoms with Gasteiger partial charge in [-0.15, -0.1) is 4.91 Å². The number of nitrogens with zero attached hydrogens (tertiary/aromatic N) is 1. The van der Waals surface area contributed by atoms with Crippen LogP contribution >= 0.6 is 0 Å². The first-order valence-electron chi connectivity index (χ1n) is 0.773. The van der Waals surface area contributed by atoms with Crippen LogP contribution in [0, 0.1) is 4.91 Å². The minimum atomic E-state index is 0. The molecule has 0 amide bonds. The van der Waals surface area contributed by atoms with E-state index in [1.165, 1.54) is 7.11 Å². The molecule has 0 aliphatic heterocycles. The molecular weight excluding hydrogens is 98.1 g/mol. The van der Waals surface area contributed by atoms with E-state index in [2.05, 4.69) is 4.84 Å². The molecule has 0 aliphatic carbocycles. The first kappa shape index (κ1) is 9.18. The Hall–Kier alpha value is 0.660. The van der Waals surface area contributed by atoms with Crippen molar-refractivity contribution < 1.29 is 7.69 Å². The Balaban J connectivity index is -0.0000000150. The molecule has 0 saturated heterocycles. The van der Waals surface area contributed by atoms with E-state index in [0.29, 0.717) is 0 Å². The Bertz CT molecular complexity index is 29.7. The molecule has 28 valence electrons. The molecule has 0 unspecified atom stereocenters. The molecule has 0 heterocycles. The number of rotatable bonds is 1. The summed E-state index contributed by atoms with van der Waals surface area (Å²) in [7, 11) is 1.20. The minimum absolute atomic E-state index is 0. The van der Waals surface area contributed by atoms with Crippen LogP contribution in [-0.2, 0) is 4.84 Å². The van der Waals surface area contributed by atoms with Crippen LogP contribution in [0.15, 0.2) is 5.34 Å². The van der Waals surface area contributed by atoms with Gasteiger partial charge >= 0.3 is 37.7 Å². The molecule has 0 fully saturated rings. The van der Waals surface area contributed by atoms with Crippen molar-refractivity contribution in [2.75, 3.05) is 7.11 Å². The average Bonchev–Trinajstić information content (AvgIpc) is 1.37. The van der Waals surface area contributed by atoms with Gasteiger partial charge in [0, 0.05) is 0 Å². The van der Waals surface area contributed by atoms with Crippen LogP contribution in [0.5, 0.6) is 0 Å². The second-order valence-electron chi connectivity index (χ2n) is 0.257. The van der Waals surface area contributed by atoms with Gasteiger partial charge in [0.2, 0.25) is 0 Å². The summed E-state index contributed by atoms with van der Waals surface area (Å²) < 4.78 is 0. The Labute approximate surface area is 62.6 Å². The smallest absolute Gasteiger partial charge is 1.00 e. The third kappa shape index (κ3) is 12.0. The summed E-state index contributed by atoms with van der Waals surface area (Å²) in [6, 6.07) is 0.